The van der Waals surface area contributed by atoms with E-state index >= 15 is 0 Å². The van der Waals surface area contributed by atoms with Gasteiger partial charge in [-0.2, -0.15) is 5.26 Å². The third-order valence-electron chi connectivity index (χ3n) is 7.05. The van der Waals surface area contributed by atoms with E-state index in [2.05, 4.69) is 21.7 Å². The highest BCUT2D eigenvalue weighted by molar-refractivity contribution is 6.30. The van der Waals surface area contributed by atoms with E-state index < -0.39 is 30.0 Å². The van der Waals surface area contributed by atoms with Gasteiger partial charge in [-0.05, 0) is 43.2 Å². The molecular formula is C26H30ClN5O3. The molecule has 2 N–H and O–H groups in total. The van der Waals surface area contributed by atoms with Gasteiger partial charge in [0.15, 0.2) is 5.78 Å². The molecule has 2 aliphatic rings. The molecule has 35 heavy (non-hydrogen) atoms. The van der Waals surface area contributed by atoms with Crippen molar-refractivity contribution in [1.82, 2.24) is 20.5 Å². The van der Waals surface area contributed by atoms with Crippen LogP contribution < -0.4 is 10.6 Å². The maximum atomic E-state index is 14.0. The quantitative estimate of drug-likeness (QED) is 0.633. The zero-order valence-electron chi connectivity index (χ0n) is 19.9. The maximum Gasteiger partial charge on any atom is 0.409 e. The van der Waals surface area contributed by atoms with E-state index in [1.165, 1.54) is 4.90 Å². The number of nitrogens with zero attached hydrogens (tertiary/aromatic N) is 3. The minimum Gasteiger partial charge on any atom is -0.450 e. The molecule has 4 rings (SSSR count). The number of hydrogen-bond donors (Lipinski definition) is 2. The lowest BCUT2D eigenvalue weighted by molar-refractivity contribution is -0.127. The summed E-state index contributed by atoms with van der Waals surface area (Å²) < 4.78 is 5.27. The molecule has 9 heteroatoms. The third-order valence-corrected chi connectivity index (χ3v) is 7.31. The van der Waals surface area contributed by atoms with Crippen molar-refractivity contribution in [2.75, 3.05) is 26.7 Å². The smallest absolute Gasteiger partial charge is 0.409 e. The van der Waals surface area contributed by atoms with Crippen molar-refractivity contribution in [1.29, 1.82) is 5.26 Å². The molecule has 2 aromatic rings. The Bertz CT molecular complexity index is 1070. The molecule has 2 fully saturated rings. The number of halogens is 1. The van der Waals surface area contributed by atoms with E-state index in [0.717, 1.165) is 11.3 Å². The molecule has 2 aliphatic heterocycles. The molecule has 6 atom stereocenters. The highest BCUT2D eigenvalue weighted by atomic mass is 35.5. The normalized spacial score (nSPS) is 28.2. The lowest BCUT2D eigenvalue weighted by Gasteiger charge is -2.37. The van der Waals surface area contributed by atoms with Gasteiger partial charge >= 0.3 is 6.09 Å². The Hall–Kier alpha value is -2.99. The number of rotatable bonds is 6. The predicted octanol–water partition coefficient (Wildman–Crippen LogP) is 3.31. The molecule has 0 aliphatic carbocycles. The Morgan fingerprint density at radius 1 is 1.20 bits per heavy atom. The minimum atomic E-state index is -0.631. The van der Waals surface area contributed by atoms with Crippen molar-refractivity contribution >= 4 is 23.5 Å². The first-order valence-electron chi connectivity index (χ1n) is 11.9. The van der Waals surface area contributed by atoms with Crippen LogP contribution in [0.4, 0.5) is 4.79 Å². The van der Waals surface area contributed by atoms with Gasteiger partial charge in [0.2, 0.25) is 0 Å². The van der Waals surface area contributed by atoms with Crippen molar-refractivity contribution in [3.05, 3.63) is 64.9 Å². The summed E-state index contributed by atoms with van der Waals surface area (Å²) in [5.74, 6) is -1.15. The van der Waals surface area contributed by atoms with Crippen LogP contribution in [0.2, 0.25) is 5.02 Å². The van der Waals surface area contributed by atoms with Crippen LogP contribution >= 0.6 is 11.6 Å². The Labute approximate surface area is 210 Å². The second-order valence-electron chi connectivity index (χ2n) is 9.04. The summed E-state index contributed by atoms with van der Waals surface area (Å²) in [5, 5.41) is 17.2. The van der Waals surface area contributed by atoms with Gasteiger partial charge in [0.1, 0.15) is 0 Å². The molecule has 8 nitrogen and oxygen atoms in total. The van der Waals surface area contributed by atoms with Crippen LogP contribution in [0.15, 0.2) is 48.7 Å². The summed E-state index contributed by atoms with van der Waals surface area (Å²) in [6.45, 7) is 2.91. The highest BCUT2D eigenvalue weighted by Crippen LogP contribution is 2.36. The number of pyridine rings is 1. The number of nitriles is 1. The lowest BCUT2D eigenvalue weighted by Crippen LogP contribution is -2.54. The topological polar surface area (TPSA) is 107 Å². The molecule has 0 radical (unpaired) electrons. The van der Waals surface area contributed by atoms with Gasteiger partial charge in [0.25, 0.3) is 0 Å². The van der Waals surface area contributed by atoms with Crippen LogP contribution in [0.25, 0.3) is 0 Å². The van der Waals surface area contributed by atoms with Crippen LogP contribution in [0, 0.1) is 23.2 Å². The molecule has 2 saturated heterocycles. The molecule has 1 amide bonds. The number of carbonyl (C=O) groups is 2. The fourth-order valence-electron chi connectivity index (χ4n) is 5.26. The number of aromatic nitrogens is 1. The first-order chi connectivity index (χ1) is 16.9. The largest absolute Gasteiger partial charge is 0.450 e. The second-order valence-corrected chi connectivity index (χ2v) is 9.48. The number of piperidine rings is 1. The molecule has 0 spiro atoms. The fraction of sp³-hybridized carbons (Fsp3) is 0.462. The van der Waals surface area contributed by atoms with E-state index in [4.69, 9.17) is 16.3 Å². The first-order valence-corrected chi connectivity index (χ1v) is 12.3. The average Bonchev–Trinajstić information content (AvgIpc) is 3.33. The summed E-state index contributed by atoms with van der Waals surface area (Å²) >= 11 is 6.09. The molecular weight excluding hydrogens is 466 g/mol. The molecule has 4 unspecified atom stereocenters. The van der Waals surface area contributed by atoms with Gasteiger partial charge in [-0.1, -0.05) is 29.8 Å². The summed E-state index contributed by atoms with van der Waals surface area (Å²) in [7, 11) is 1.67. The summed E-state index contributed by atoms with van der Waals surface area (Å²) in [6.07, 6.45) is 1.71. The highest BCUT2D eigenvalue weighted by Gasteiger charge is 2.48. The number of hydrogen-bond acceptors (Lipinski definition) is 7. The van der Waals surface area contributed by atoms with Crippen molar-refractivity contribution in [3.8, 4) is 6.07 Å². The average molecular weight is 496 g/mol. The maximum absolute atomic E-state index is 14.0. The van der Waals surface area contributed by atoms with Gasteiger partial charge in [0.05, 0.1) is 42.4 Å². The van der Waals surface area contributed by atoms with Gasteiger partial charge in [-0.3, -0.25) is 9.78 Å². The summed E-state index contributed by atoms with van der Waals surface area (Å²) in [6, 6.07) is 14.2. The molecule has 1 aromatic heterocycles. The zero-order valence-corrected chi connectivity index (χ0v) is 20.6. The van der Waals surface area contributed by atoms with Gasteiger partial charge in [0, 0.05) is 43.2 Å². The van der Waals surface area contributed by atoms with Crippen LogP contribution in [0.5, 0.6) is 0 Å². The van der Waals surface area contributed by atoms with Crippen molar-refractivity contribution in [2.24, 2.45) is 11.8 Å². The molecule has 1 aromatic carbocycles. The second kappa shape index (κ2) is 11.2. The standard InChI is InChI=1S/C26H30ClN5O3/c1-3-35-26(34)32(2)24-20(16-7-9-18(27)10-8-16)15-31-23(24)25(33)19-12-22(30-14-17(19)13-28)21-6-4-5-11-29-21/h4-11,17,19-20,22-24,30-31H,3,12,14-15H2,1-2H3/t17?,19?,20-,22?,23?,24-/m0/s1. The van der Waals surface area contributed by atoms with Crippen molar-refractivity contribution < 1.29 is 14.3 Å². The van der Waals surface area contributed by atoms with Crippen molar-refractivity contribution in [2.45, 2.75) is 37.4 Å². The molecule has 3 heterocycles. The van der Waals surface area contributed by atoms with E-state index in [0.29, 0.717) is 24.5 Å². The number of carbonyl (C=O) groups excluding carboxylic acids is 2. The Morgan fingerprint density at radius 3 is 2.63 bits per heavy atom. The monoisotopic (exact) mass is 495 g/mol. The molecule has 0 saturated carbocycles. The van der Waals surface area contributed by atoms with Gasteiger partial charge in [-0.15, -0.1) is 0 Å². The number of likely N-dealkylation sites (N-methyl/N-ethyl adjacent to an activating group) is 1. The SMILES string of the molecule is CCOC(=O)N(C)[C@@H]1C(C(=O)C2CC(c3ccccn3)NCC2C#N)NC[C@H]1c1ccc(Cl)cc1. The van der Waals surface area contributed by atoms with Crippen molar-refractivity contribution in [3.63, 3.8) is 0 Å². The Balaban J connectivity index is 1.63. The van der Waals surface area contributed by atoms with E-state index in [1.54, 1.807) is 20.2 Å². The van der Waals surface area contributed by atoms with Gasteiger partial charge in [-0.25, -0.2) is 4.79 Å². The Kier molecular flexibility index (Phi) is 8.01. The number of benzene rings is 1. The third kappa shape index (κ3) is 5.32. The zero-order chi connectivity index (χ0) is 24.9. The van der Waals surface area contributed by atoms with E-state index in [-0.39, 0.29) is 24.3 Å². The lowest BCUT2D eigenvalue weighted by atomic mass is 9.76. The fourth-order valence-corrected chi connectivity index (χ4v) is 5.39. The van der Waals surface area contributed by atoms with Crippen LogP contribution in [-0.4, -0.2) is 60.6 Å². The number of nitrogens with one attached hydrogen (secondary N) is 2. The number of amides is 1. The van der Waals surface area contributed by atoms with Crippen LogP contribution in [-0.2, 0) is 9.53 Å². The summed E-state index contributed by atoms with van der Waals surface area (Å²) in [5.41, 5.74) is 1.83. The summed E-state index contributed by atoms with van der Waals surface area (Å²) in [4.78, 5) is 32.7. The number of Topliss-reactive ketones (excluding diaryl/α,β-unsaturated/α-hetero) is 1. The molecule has 184 valence electrons. The predicted molar refractivity (Wildman–Crippen MR) is 132 cm³/mol. The Morgan fingerprint density at radius 2 is 1.97 bits per heavy atom. The first kappa shape index (κ1) is 25.1. The van der Waals surface area contributed by atoms with Crippen LogP contribution in [0.1, 0.15) is 36.6 Å². The van der Waals surface area contributed by atoms with Crippen LogP contribution in [0.3, 0.4) is 0 Å². The minimum absolute atomic E-state index is 0.0587. The number of ketones is 1. The van der Waals surface area contributed by atoms with E-state index in [9.17, 15) is 14.9 Å². The van der Waals surface area contributed by atoms with E-state index in [1.807, 2.05) is 42.5 Å². The van der Waals surface area contributed by atoms with Gasteiger partial charge < -0.3 is 20.3 Å². The number of ether oxygens (including phenoxy) is 1. The molecule has 0 bridgehead atoms.